The van der Waals surface area contributed by atoms with Crippen LogP contribution in [0, 0.1) is 5.92 Å². The third-order valence-electron chi connectivity index (χ3n) is 2.39. The molecule has 0 spiro atoms. The molecular weight excluding hydrogens is 208 g/mol. The third-order valence-corrected chi connectivity index (χ3v) is 3.38. The fourth-order valence-corrected chi connectivity index (χ4v) is 2.83. The van der Waals surface area contributed by atoms with Crippen molar-refractivity contribution in [2.24, 2.45) is 10.9 Å². The number of hydrogen-bond acceptors (Lipinski definition) is 4. The molecule has 3 nitrogen and oxygen atoms in total. The number of hydrogen-bond donors (Lipinski definition) is 1. The molecule has 0 saturated carbocycles. The van der Waals surface area contributed by atoms with Crippen molar-refractivity contribution in [1.82, 2.24) is 5.32 Å². The minimum atomic E-state index is -0.0353. The van der Waals surface area contributed by atoms with E-state index in [-0.39, 0.29) is 5.54 Å². The number of ether oxygens (including phenoxy) is 1. The standard InChI is InChI=1S/C11H22N2OS/c1-8(2)9-6-15-10(12-9)13-11(3,4)7-14-5/h8-9H,6-7H2,1-5H3,(H,12,13). The lowest BCUT2D eigenvalue weighted by Crippen LogP contribution is -2.45. The first-order valence-corrected chi connectivity index (χ1v) is 6.41. The van der Waals surface area contributed by atoms with Crippen LogP contribution < -0.4 is 5.32 Å². The monoisotopic (exact) mass is 230 g/mol. The van der Waals surface area contributed by atoms with Gasteiger partial charge >= 0.3 is 0 Å². The topological polar surface area (TPSA) is 33.6 Å². The van der Waals surface area contributed by atoms with Gasteiger partial charge in [0.15, 0.2) is 5.17 Å². The number of methoxy groups -OCH3 is 1. The molecule has 88 valence electrons. The highest BCUT2D eigenvalue weighted by atomic mass is 32.2. The second-order valence-corrected chi connectivity index (χ2v) is 6.01. The van der Waals surface area contributed by atoms with Gasteiger partial charge in [0.2, 0.25) is 0 Å². The predicted molar refractivity (Wildman–Crippen MR) is 67.6 cm³/mol. The van der Waals surface area contributed by atoms with Crippen LogP contribution in [0.4, 0.5) is 0 Å². The molecule has 0 aromatic rings. The lowest BCUT2D eigenvalue weighted by molar-refractivity contribution is 0.140. The molecule has 0 fully saturated rings. The first kappa shape index (κ1) is 12.8. The van der Waals surface area contributed by atoms with E-state index < -0.39 is 0 Å². The summed E-state index contributed by atoms with van der Waals surface area (Å²) in [5, 5.41) is 4.49. The fraction of sp³-hybridized carbons (Fsp3) is 0.909. The van der Waals surface area contributed by atoms with Crippen molar-refractivity contribution in [1.29, 1.82) is 0 Å². The van der Waals surface area contributed by atoms with E-state index in [4.69, 9.17) is 4.74 Å². The summed E-state index contributed by atoms with van der Waals surface area (Å²) < 4.78 is 5.16. The predicted octanol–water partition coefficient (Wildman–Crippen LogP) is 2.13. The van der Waals surface area contributed by atoms with Crippen molar-refractivity contribution in [3.63, 3.8) is 0 Å². The Morgan fingerprint density at radius 2 is 2.27 bits per heavy atom. The van der Waals surface area contributed by atoms with E-state index in [0.717, 1.165) is 10.9 Å². The highest BCUT2D eigenvalue weighted by molar-refractivity contribution is 8.14. The molecule has 0 aliphatic carbocycles. The average Bonchev–Trinajstić information content (AvgIpc) is 2.51. The van der Waals surface area contributed by atoms with Gasteiger partial charge in [-0.15, -0.1) is 0 Å². The second-order valence-electron chi connectivity index (χ2n) is 5.00. The summed E-state index contributed by atoms with van der Waals surface area (Å²) in [5.74, 6) is 1.73. The second kappa shape index (κ2) is 5.21. The molecule has 1 atom stereocenters. The number of thioether (sulfide) groups is 1. The highest BCUT2D eigenvalue weighted by Gasteiger charge is 2.25. The van der Waals surface area contributed by atoms with E-state index in [1.165, 1.54) is 0 Å². The maximum absolute atomic E-state index is 5.16. The Kier molecular flexibility index (Phi) is 4.46. The van der Waals surface area contributed by atoms with Crippen LogP contribution in [0.25, 0.3) is 0 Å². The third kappa shape index (κ3) is 4.03. The molecule has 1 rings (SSSR count). The normalized spacial score (nSPS) is 22.0. The summed E-state index contributed by atoms with van der Waals surface area (Å²) in [5.41, 5.74) is -0.0353. The minimum absolute atomic E-state index is 0.0353. The smallest absolute Gasteiger partial charge is 0.157 e. The van der Waals surface area contributed by atoms with Crippen LogP contribution in [0.3, 0.4) is 0 Å². The molecule has 0 aromatic heterocycles. The van der Waals surface area contributed by atoms with Gasteiger partial charge in [-0.25, -0.2) is 0 Å². The van der Waals surface area contributed by atoms with E-state index >= 15 is 0 Å². The number of nitrogens with zero attached hydrogens (tertiary/aromatic N) is 1. The molecule has 0 saturated heterocycles. The van der Waals surface area contributed by atoms with Gasteiger partial charge in [0.1, 0.15) is 0 Å². The molecule has 0 radical (unpaired) electrons. The Balaban J connectivity index is 2.49. The maximum Gasteiger partial charge on any atom is 0.157 e. The Labute approximate surface area is 97.1 Å². The van der Waals surface area contributed by atoms with Crippen LogP contribution in [-0.2, 0) is 4.74 Å². The minimum Gasteiger partial charge on any atom is -0.382 e. The molecule has 4 heteroatoms. The van der Waals surface area contributed by atoms with Crippen molar-refractivity contribution in [3.8, 4) is 0 Å². The van der Waals surface area contributed by atoms with Crippen molar-refractivity contribution < 1.29 is 4.74 Å². The van der Waals surface area contributed by atoms with Gasteiger partial charge in [0.25, 0.3) is 0 Å². The van der Waals surface area contributed by atoms with Crippen LogP contribution in [-0.4, -0.2) is 36.2 Å². The first-order chi connectivity index (χ1) is 6.94. The van der Waals surface area contributed by atoms with Crippen LogP contribution >= 0.6 is 11.8 Å². The van der Waals surface area contributed by atoms with Gasteiger partial charge in [-0.3, -0.25) is 4.99 Å². The summed E-state index contributed by atoms with van der Waals surface area (Å²) in [6.45, 7) is 9.39. The lowest BCUT2D eigenvalue weighted by Gasteiger charge is -2.25. The largest absolute Gasteiger partial charge is 0.382 e. The van der Waals surface area contributed by atoms with E-state index in [1.807, 2.05) is 11.8 Å². The molecule has 0 bridgehead atoms. The van der Waals surface area contributed by atoms with E-state index in [9.17, 15) is 0 Å². The highest BCUT2D eigenvalue weighted by Crippen LogP contribution is 2.23. The van der Waals surface area contributed by atoms with Crippen molar-refractivity contribution >= 4 is 16.9 Å². The van der Waals surface area contributed by atoms with Gasteiger partial charge in [-0.2, -0.15) is 0 Å². The van der Waals surface area contributed by atoms with Crippen LogP contribution in [0.1, 0.15) is 27.7 Å². The van der Waals surface area contributed by atoms with Gasteiger partial charge in [0.05, 0.1) is 18.2 Å². The Morgan fingerprint density at radius 1 is 1.60 bits per heavy atom. The SMILES string of the molecule is COCC(C)(C)NC1=NC(C(C)C)CS1. The molecule has 1 aliphatic rings. The van der Waals surface area contributed by atoms with E-state index in [0.29, 0.717) is 18.6 Å². The molecule has 0 aromatic carbocycles. The van der Waals surface area contributed by atoms with Crippen molar-refractivity contribution in [2.75, 3.05) is 19.5 Å². The van der Waals surface area contributed by atoms with Gasteiger partial charge < -0.3 is 10.1 Å². The molecule has 15 heavy (non-hydrogen) atoms. The summed E-state index contributed by atoms with van der Waals surface area (Å²) in [4.78, 5) is 4.67. The summed E-state index contributed by atoms with van der Waals surface area (Å²) in [7, 11) is 1.73. The van der Waals surface area contributed by atoms with E-state index in [1.54, 1.807) is 7.11 Å². The Morgan fingerprint density at radius 3 is 2.73 bits per heavy atom. The van der Waals surface area contributed by atoms with Gasteiger partial charge in [-0.1, -0.05) is 25.6 Å². The molecule has 1 N–H and O–H groups in total. The zero-order chi connectivity index (χ0) is 11.5. The molecule has 1 heterocycles. The maximum atomic E-state index is 5.16. The number of rotatable bonds is 4. The lowest BCUT2D eigenvalue weighted by atomic mass is 10.1. The number of amidine groups is 1. The van der Waals surface area contributed by atoms with Crippen molar-refractivity contribution in [3.05, 3.63) is 0 Å². The first-order valence-electron chi connectivity index (χ1n) is 5.42. The van der Waals surface area contributed by atoms with Gasteiger partial charge in [-0.05, 0) is 19.8 Å². The zero-order valence-corrected chi connectivity index (χ0v) is 11.1. The number of nitrogens with one attached hydrogen (secondary N) is 1. The number of aliphatic imine (C=N–C) groups is 1. The van der Waals surface area contributed by atoms with Crippen LogP contribution in [0.15, 0.2) is 4.99 Å². The molecule has 0 amide bonds. The summed E-state index contributed by atoms with van der Waals surface area (Å²) >= 11 is 1.81. The Hall–Kier alpha value is -0.220. The Bertz CT molecular complexity index is 239. The summed E-state index contributed by atoms with van der Waals surface area (Å²) in [6.07, 6.45) is 0. The molecular formula is C11H22N2OS. The molecule has 1 unspecified atom stereocenters. The van der Waals surface area contributed by atoms with Crippen molar-refractivity contribution in [2.45, 2.75) is 39.3 Å². The summed E-state index contributed by atoms with van der Waals surface area (Å²) in [6, 6.07) is 0.468. The van der Waals surface area contributed by atoms with Crippen LogP contribution in [0.5, 0.6) is 0 Å². The quantitative estimate of drug-likeness (QED) is 0.803. The van der Waals surface area contributed by atoms with Crippen LogP contribution in [0.2, 0.25) is 0 Å². The average molecular weight is 230 g/mol. The van der Waals surface area contributed by atoms with E-state index in [2.05, 4.69) is 38.0 Å². The zero-order valence-electron chi connectivity index (χ0n) is 10.3. The van der Waals surface area contributed by atoms with Gasteiger partial charge in [0, 0.05) is 12.9 Å². The molecule has 1 aliphatic heterocycles. The fourth-order valence-electron chi connectivity index (χ4n) is 1.49.